The molecule has 0 amide bonds. The number of hydrogen-bond acceptors (Lipinski definition) is 8. The minimum absolute atomic E-state index is 0.431. The number of ether oxygens (including phenoxy) is 3. The van der Waals surface area contributed by atoms with E-state index in [1.54, 1.807) is 13.2 Å². The number of aliphatic hydroxyl groups is 4. The SMILES string of the molecule is COc1ccc(Cc2cc(C3(OC)OC(CO)C(O)C(O)C3O)sc2Cl)cc1. The van der Waals surface area contributed by atoms with Crippen LogP contribution in [0.15, 0.2) is 30.3 Å². The topological polar surface area (TPSA) is 109 Å². The lowest BCUT2D eigenvalue weighted by Crippen LogP contribution is -2.64. The van der Waals surface area contributed by atoms with Crippen molar-refractivity contribution >= 4 is 22.9 Å². The molecule has 1 aliphatic rings. The molecule has 3 rings (SSSR count). The molecule has 154 valence electrons. The van der Waals surface area contributed by atoms with E-state index < -0.39 is 36.8 Å². The van der Waals surface area contributed by atoms with Gasteiger partial charge in [0.2, 0.25) is 5.79 Å². The van der Waals surface area contributed by atoms with E-state index in [9.17, 15) is 20.4 Å². The normalized spacial score (nSPS) is 30.4. The molecular formula is C19H23ClO7S. The predicted octanol–water partition coefficient (Wildman–Crippen LogP) is 1.27. The van der Waals surface area contributed by atoms with E-state index in [1.165, 1.54) is 7.11 Å². The Morgan fingerprint density at radius 3 is 2.39 bits per heavy atom. The van der Waals surface area contributed by atoms with E-state index in [1.807, 2.05) is 24.3 Å². The maximum absolute atomic E-state index is 10.6. The number of hydrogen-bond donors (Lipinski definition) is 4. The molecule has 0 aliphatic carbocycles. The van der Waals surface area contributed by atoms with Crippen molar-refractivity contribution in [3.63, 3.8) is 0 Å². The van der Waals surface area contributed by atoms with Gasteiger partial charge in [-0.05, 0) is 35.7 Å². The van der Waals surface area contributed by atoms with Gasteiger partial charge in [0.25, 0.3) is 0 Å². The molecule has 7 nitrogen and oxygen atoms in total. The van der Waals surface area contributed by atoms with Crippen molar-refractivity contribution in [2.45, 2.75) is 36.6 Å². The Labute approximate surface area is 171 Å². The second-order valence-electron chi connectivity index (χ2n) is 6.57. The Bertz CT molecular complexity index is 794. The van der Waals surface area contributed by atoms with Crippen molar-refractivity contribution in [1.82, 2.24) is 0 Å². The summed E-state index contributed by atoms with van der Waals surface area (Å²) >= 11 is 7.56. The number of rotatable bonds is 6. The summed E-state index contributed by atoms with van der Waals surface area (Å²) in [6, 6.07) is 9.29. The summed E-state index contributed by atoms with van der Waals surface area (Å²) < 4.78 is 16.8. The summed E-state index contributed by atoms with van der Waals surface area (Å²) in [4.78, 5) is 0.431. The average Bonchev–Trinajstić information content (AvgIpc) is 3.08. The van der Waals surface area contributed by atoms with Gasteiger partial charge in [-0.25, -0.2) is 0 Å². The molecule has 9 heteroatoms. The Morgan fingerprint density at radius 1 is 1.14 bits per heavy atom. The second-order valence-corrected chi connectivity index (χ2v) is 8.23. The molecule has 1 saturated heterocycles. The fraction of sp³-hybridized carbons (Fsp3) is 0.474. The smallest absolute Gasteiger partial charge is 0.234 e. The molecule has 5 unspecified atom stereocenters. The second kappa shape index (κ2) is 8.64. The predicted molar refractivity (Wildman–Crippen MR) is 104 cm³/mol. The first-order valence-electron chi connectivity index (χ1n) is 8.66. The molecule has 0 saturated carbocycles. The van der Waals surface area contributed by atoms with Gasteiger partial charge < -0.3 is 34.6 Å². The molecule has 1 aliphatic heterocycles. The number of halogens is 1. The molecule has 0 radical (unpaired) electrons. The summed E-state index contributed by atoms with van der Waals surface area (Å²) in [5.41, 5.74) is 1.80. The molecule has 0 bridgehead atoms. The lowest BCUT2D eigenvalue weighted by molar-refractivity contribution is -0.364. The van der Waals surface area contributed by atoms with E-state index in [0.717, 1.165) is 28.2 Å². The molecule has 1 fully saturated rings. The van der Waals surface area contributed by atoms with Crippen molar-refractivity contribution in [2.75, 3.05) is 20.8 Å². The summed E-state index contributed by atoms with van der Waals surface area (Å²) in [6.07, 6.45) is -5.17. The average molecular weight is 431 g/mol. The Kier molecular flexibility index (Phi) is 6.63. The molecule has 2 heterocycles. The highest BCUT2D eigenvalue weighted by atomic mass is 35.5. The van der Waals surface area contributed by atoms with Gasteiger partial charge in [-0.1, -0.05) is 23.7 Å². The summed E-state index contributed by atoms with van der Waals surface area (Å²) in [5.74, 6) is -1.00. The van der Waals surface area contributed by atoms with Gasteiger partial charge in [0.1, 0.15) is 30.2 Å². The van der Waals surface area contributed by atoms with Gasteiger partial charge in [0.15, 0.2) is 0 Å². The highest BCUT2D eigenvalue weighted by molar-refractivity contribution is 7.16. The number of thiophene rings is 1. The highest BCUT2D eigenvalue weighted by Gasteiger charge is 2.56. The van der Waals surface area contributed by atoms with E-state index in [4.69, 9.17) is 25.8 Å². The van der Waals surface area contributed by atoms with Crippen molar-refractivity contribution in [1.29, 1.82) is 0 Å². The largest absolute Gasteiger partial charge is 0.497 e. The van der Waals surface area contributed by atoms with Crippen LogP contribution in [0.1, 0.15) is 16.0 Å². The Balaban J connectivity index is 1.92. The lowest BCUT2D eigenvalue weighted by atomic mass is 9.91. The first-order chi connectivity index (χ1) is 13.4. The first-order valence-corrected chi connectivity index (χ1v) is 9.85. The van der Waals surface area contributed by atoms with E-state index >= 15 is 0 Å². The maximum atomic E-state index is 10.6. The molecule has 4 N–H and O–H groups in total. The lowest BCUT2D eigenvalue weighted by Gasteiger charge is -2.46. The molecule has 28 heavy (non-hydrogen) atoms. The zero-order chi connectivity index (χ0) is 20.5. The van der Waals surface area contributed by atoms with Gasteiger partial charge in [-0.2, -0.15) is 0 Å². The van der Waals surface area contributed by atoms with Crippen molar-refractivity contribution in [2.24, 2.45) is 0 Å². The van der Waals surface area contributed by atoms with Crippen LogP contribution >= 0.6 is 22.9 Å². The zero-order valence-electron chi connectivity index (χ0n) is 15.4. The van der Waals surface area contributed by atoms with Crippen LogP contribution in [0.5, 0.6) is 5.75 Å². The standard InChI is InChI=1S/C19H23ClO7S/c1-25-12-5-3-10(4-6-12)7-11-8-14(28-18(11)20)19(26-2)17(24)16(23)15(22)13(9-21)27-19/h3-6,8,13,15-17,21-24H,7,9H2,1-2H3. The van der Waals surface area contributed by atoms with Crippen LogP contribution in [0.25, 0.3) is 0 Å². The van der Waals surface area contributed by atoms with Crippen LogP contribution in [-0.4, -0.2) is 65.7 Å². The van der Waals surface area contributed by atoms with Gasteiger partial charge in [0, 0.05) is 7.11 Å². The van der Waals surface area contributed by atoms with Gasteiger partial charge in [-0.3, -0.25) is 0 Å². The Morgan fingerprint density at radius 2 is 1.82 bits per heavy atom. The van der Waals surface area contributed by atoms with Gasteiger partial charge in [-0.15, -0.1) is 11.3 Å². The van der Waals surface area contributed by atoms with Crippen molar-refractivity contribution in [3.8, 4) is 5.75 Å². The third kappa shape index (κ3) is 3.79. The fourth-order valence-electron chi connectivity index (χ4n) is 3.28. The molecule has 1 aromatic heterocycles. The van der Waals surface area contributed by atoms with Gasteiger partial charge >= 0.3 is 0 Å². The Hall–Kier alpha value is -1.23. The van der Waals surface area contributed by atoms with Crippen LogP contribution in [0.3, 0.4) is 0 Å². The minimum atomic E-state index is -1.75. The quantitative estimate of drug-likeness (QED) is 0.546. The van der Waals surface area contributed by atoms with E-state index in [2.05, 4.69) is 0 Å². The third-order valence-electron chi connectivity index (χ3n) is 4.91. The van der Waals surface area contributed by atoms with Crippen LogP contribution in [-0.2, 0) is 21.7 Å². The molecule has 5 atom stereocenters. The monoisotopic (exact) mass is 430 g/mol. The van der Waals surface area contributed by atoms with Crippen LogP contribution < -0.4 is 4.74 Å². The number of methoxy groups -OCH3 is 2. The molecule has 0 spiro atoms. The fourth-order valence-corrected chi connectivity index (χ4v) is 4.70. The third-order valence-corrected chi connectivity index (χ3v) is 6.45. The van der Waals surface area contributed by atoms with E-state index in [-0.39, 0.29) is 0 Å². The highest BCUT2D eigenvalue weighted by Crippen LogP contribution is 2.44. The van der Waals surface area contributed by atoms with E-state index in [0.29, 0.717) is 15.6 Å². The van der Waals surface area contributed by atoms with Crippen molar-refractivity contribution in [3.05, 3.63) is 50.7 Å². The summed E-state index contributed by atoms with van der Waals surface area (Å²) in [7, 11) is 2.92. The van der Waals surface area contributed by atoms with Crippen LogP contribution in [0, 0.1) is 0 Å². The van der Waals surface area contributed by atoms with Crippen LogP contribution in [0.2, 0.25) is 4.34 Å². The molecule has 2 aromatic rings. The van der Waals surface area contributed by atoms with Gasteiger partial charge in [0.05, 0.1) is 22.9 Å². The number of aliphatic hydroxyl groups excluding tert-OH is 4. The summed E-state index contributed by atoms with van der Waals surface area (Å²) in [5, 5.41) is 40.3. The minimum Gasteiger partial charge on any atom is -0.497 e. The number of benzene rings is 1. The summed E-state index contributed by atoms with van der Waals surface area (Å²) in [6.45, 7) is -0.548. The van der Waals surface area contributed by atoms with Crippen LogP contribution in [0.4, 0.5) is 0 Å². The van der Waals surface area contributed by atoms with Crippen molar-refractivity contribution < 1.29 is 34.6 Å². The molecular weight excluding hydrogens is 408 g/mol. The maximum Gasteiger partial charge on any atom is 0.234 e. The molecule has 1 aromatic carbocycles. The first kappa shape index (κ1) is 21.5. The zero-order valence-corrected chi connectivity index (χ0v) is 17.0.